The number of hydrogen-bond acceptors (Lipinski definition) is 1. The molecule has 0 aliphatic carbocycles. The van der Waals surface area contributed by atoms with Gasteiger partial charge in [-0.05, 0) is 5.31 Å². The molecule has 0 saturated heterocycles. The van der Waals surface area contributed by atoms with Gasteiger partial charge in [-0.1, -0.05) is 85.0 Å². The highest BCUT2D eigenvalue weighted by atomic mass is 14.9. The maximum absolute atomic E-state index is 4.43. The van der Waals surface area contributed by atoms with E-state index in [0.717, 1.165) is 7.28 Å². The molecule has 0 spiro atoms. The monoisotopic (exact) mass is 276 g/mol. The standard InChI is InChI=1S/C17H33BN2/c1-4-6-8-10-12-17(3,13-11-9-7-5-2)18-16-19-14-15-20-16/h14-15,18H,4-13H2,1-3H3,(H,19,20). The van der Waals surface area contributed by atoms with Gasteiger partial charge in [0.2, 0.25) is 7.28 Å². The van der Waals surface area contributed by atoms with Crippen molar-refractivity contribution in [2.24, 2.45) is 0 Å². The Morgan fingerprint density at radius 1 is 1.00 bits per heavy atom. The Labute approximate surface area is 126 Å². The van der Waals surface area contributed by atoms with Crippen molar-refractivity contribution >= 4 is 13.0 Å². The minimum Gasteiger partial charge on any atom is -0.357 e. The molecule has 0 bridgehead atoms. The summed E-state index contributed by atoms with van der Waals surface area (Å²) in [7, 11) is 1.11. The third kappa shape index (κ3) is 7.16. The van der Waals surface area contributed by atoms with Gasteiger partial charge in [0.1, 0.15) is 0 Å². The second-order valence-corrected chi connectivity index (χ2v) is 6.64. The summed E-state index contributed by atoms with van der Waals surface area (Å²) in [5, 5.41) is 0.430. The van der Waals surface area contributed by atoms with Crippen LogP contribution in [0, 0.1) is 0 Å². The van der Waals surface area contributed by atoms with Crippen molar-refractivity contribution in [3.63, 3.8) is 0 Å². The molecule has 0 aliphatic heterocycles. The molecule has 1 heterocycles. The summed E-state index contributed by atoms with van der Waals surface area (Å²) in [5.74, 6) is 0. The lowest BCUT2D eigenvalue weighted by Gasteiger charge is -2.28. The van der Waals surface area contributed by atoms with Gasteiger partial charge in [-0.15, -0.1) is 0 Å². The van der Waals surface area contributed by atoms with Crippen LogP contribution in [0.15, 0.2) is 12.4 Å². The molecule has 0 amide bonds. The van der Waals surface area contributed by atoms with E-state index in [4.69, 9.17) is 0 Å². The highest BCUT2D eigenvalue weighted by Gasteiger charge is 2.26. The number of imidazole rings is 1. The molecule has 0 unspecified atom stereocenters. The summed E-state index contributed by atoms with van der Waals surface area (Å²) in [6, 6.07) is 0. The highest BCUT2D eigenvalue weighted by molar-refractivity contribution is 6.54. The van der Waals surface area contributed by atoms with Gasteiger partial charge in [-0.25, -0.2) is 0 Å². The number of unbranched alkanes of at least 4 members (excludes halogenated alkanes) is 6. The van der Waals surface area contributed by atoms with E-state index in [-0.39, 0.29) is 0 Å². The van der Waals surface area contributed by atoms with Crippen molar-refractivity contribution < 1.29 is 0 Å². The van der Waals surface area contributed by atoms with Gasteiger partial charge in [0, 0.05) is 12.4 Å². The van der Waals surface area contributed by atoms with E-state index >= 15 is 0 Å². The third-order valence-corrected chi connectivity index (χ3v) is 4.42. The van der Waals surface area contributed by atoms with E-state index in [1.807, 2.05) is 12.4 Å². The normalized spacial score (nSPS) is 11.8. The molecule has 0 fully saturated rings. The van der Waals surface area contributed by atoms with Gasteiger partial charge in [-0.2, -0.15) is 0 Å². The smallest absolute Gasteiger partial charge is 0.210 e. The first-order valence-electron chi connectivity index (χ1n) is 8.68. The predicted octanol–water partition coefficient (Wildman–Crippen LogP) is 4.59. The predicted molar refractivity (Wildman–Crippen MR) is 91.3 cm³/mol. The maximum atomic E-state index is 4.43. The van der Waals surface area contributed by atoms with E-state index in [1.54, 1.807) is 0 Å². The molecule has 114 valence electrons. The molecular formula is C17H33BN2. The first-order valence-corrected chi connectivity index (χ1v) is 8.68. The summed E-state index contributed by atoms with van der Waals surface area (Å²) in [5.41, 5.74) is 1.17. The molecule has 0 radical (unpaired) electrons. The summed E-state index contributed by atoms with van der Waals surface area (Å²) < 4.78 is 0. The van der Waals surface area contributed by atoms with Crippen LogP contribution in [-0.2, 0) is 0 Å². The van der Waals surface area contributed by atoms with Crippen LogP contribution in [0.3, 0.4) is 0 Å². The van der Waals surface area contributed by atoms with E-state index in [1.165, 1.54) is 69.9 Å². The average Bonchev–Trinajstić information content (AvgIpc) is 2.93. The summed E-state index contributed by atoms with van der Waals surface area (Å²) in [6.07, 6.45) is 17.5. The molecule has 20 heavy (non-hydrogen) atoms. The third-order valence-electron chi connectivity index (χ3n) is 4.42. The molecular weight excluding hydrogens is 243 g/mol. The minimum atomic E-state index is 0.430. The van der Waals surface area contributed by atoms with Crippen LogP contribution in [0.25, 0.3) is 0 Å². The number of H-pyrrole nitrogens is 1. The first kappa shape index (κ1) is 17.3. The number of aromatic amines is 1. The van der Waals surface area contributed by atoms with Crippen LogP contribution < -0.4 is 5.72 Å². The van der Waals surface area contributed by atoms with Crippen molar-refractivity contribution in [2.45, 2.75) is 90.3 Å². The van der Waals surface area contributed by atoms with Crippen LogP contribution >= 0.6 is 0 Å². The molecule has 0 atom stereocenters. The molecule has 1 N–H and O–H groups in total. The molecule has 1 aromatic heterocycles. The zero-order valence-corrected chi connectivity index (χ0v) is 13.9. The lowest BCUT2D eigenvalue weighted by molar-refractivity contribution is 0.452. The lowest BCUT2D eigenvalue weighted by atomic mass is 9.49. The molecule has 2 nitrogen and oxygen atoms in total. The zero-order chi connectivity index (χ0) is 14.7. The molecule has 3 heteroatoms. The molecule has 0 aromatic carbocycles. The van der Waals surface area contributed by atoms with Gasteiger partial charge in [0.15, 0.2) is 0 Å². The minimum absolute atomic E-state index is 0.430. The largest absolute Gasteiger partial charge is 0.357 e. The van der Waals surface area contributed by atoms with Gasteiger partial charge < -0.3 is 4.98 Å². The number of nitrogens with zero attached hydrogens (tertiary/aromatic N) is 1. The Morgan fingerprint density at radius 3 is 2.05 bits per heavy atom. The summed E-state index contributed by atoms with van der Waals surface area (Å²) in [4.78, 5) is 7.72. The Bertz CT molecular complexity index is 310. The van der Waals surface area contributed by atoms with Gasteiger partial charge in [-0.3, -0.25) is 4.98 Å². The lowest BCUT2D eigenvalue weighted by Crippen LogP contribution is -2.30. The van der Waals surface area contributed by atoms with Crippen molar-refractivity contribution in [1.82, 2.24) is 9.97 Å². The summed E-state index contributed by atoms with van der Waals surface area (Å²) >= 11 is 0. The number of nitrogens with one attached hydrogen (secondary N) is 1. The maximum Gasteiger partial charge on any atom is 0.210 e. The fourth-order valence-electron chi connectivity index (χ4n) is 3.06. The molecule has 1 aromatic rings. The second-order valence-electron chi connectivity index (χ2n) is 6.64. The van der Waals surface area contributed by atoms with Crippen molar-refractivity contribution in [2.75, 3.05) is 0 Å². The van der Waals surface area contributed by atoms with Gasteiger partial charge in [0.25, 0.3) is 0 Å². The first-order chi connectivity index (χ1) is 9.70. The fourth-order valence-corrected chi connectivity index (χ4v) is 3.06. The van der Waals surface area contributed by atoms with E-state index in [0.29, 0.717) is 5.31 Å². The quantitative estimate of drug-likeness (QED) is 0.439. The van der Waals surface area contributed by atoms with Crippen molar-refractivity contribution in [1.29, 1.82) is 0 Å². The average molecular weight is 276 g/mol. The summed E-state index contributed by atoms with van der Waals surface area (Å²) in [6.45, 7) is 7.03. The molecule has 0 aliphatic rings. The molecule has 1 rings (SSSR count). The van der Waals surface area contributed by atoms with Gasteiger partial charge in [0.05, 0.1) is 5.72 Å². The topological polar surface area (TPSA) is 28.7 Å². The number of aromatic nitrogens is 2. The Morgan fingerprint density at radius 2 is 1.60 bits per heavy atom. The zero-order valence-electron chi connectivity index (χ0n) is 13.9. The number of hydrogen-bond donors (Lipinski definition) is 1. The Hall–Kier alpha value is -0.725. The van der Waals surface area contributed by atoms with Crippen LogP contribution in [0.2, 0.25) is 5.31 Å². The molecule has 0 saturated carbocycles. The van der Waals surface area contributed by atoms with Crippen LogP contribution in [-0.4, -0.2) is 17.2 Å². The van der Waals surface area contributed by atoms with E-state index < -0.39 is 0 Å². The fraction of sp³-hybridized carbons (Fsp3) is 0.824. The number of rotatable bonds is 12. The van der Waals surface area contributed by atoms with Crippen molar-refractivity contribution in [3.05, 3.63) is 12.4 Å². The Kier molecular flexibility index (Phi) is 8.72. The van der Waals surface area contributed by atoms with Crippen LogP contribution in [0.4, 0.5) is 0 Å². The van der Waals surface area contributed by atoms with E-state index in [9.17, 15) is 0 Å². The van der Waals surface area contributed by atoms with Crippen molar-refractivity contribution in [3.8, 4) is 0 Å². The highest BCUT2D eigenvalue weighted by Crippen LogP contribution is 2.37. The van der Waals surface area contributed by atoms with Crippen LogP contribution in [0.1, 0.15) is 85.0 Å². The SMILES string of the molecule is CCCCCCC(C)(Bc1ncc[nH]1)CCCCCC. The Balaban J connectivity index is 2.43. The second kappa shape index (κ2) is 10.1. The van der Waals surface area contributed by atoms with Crippen LogP contribution in [0.5, 0.6) is 0 Å². The van der Waals surface area contributed by atoms with E-state index in [2.05, 4.69) is 30.7 Å². The van der Waals surface area contributed by atoms with Gasteiger partial charge >= 0.3 is 0 Å².